The maximum absolute atomic E-state index is 11.8. The molecule has 0 aliphatic heterocycles. The Kier molecular flexibility index (Phi) is 8.25. The lowest BCUT2D eigenvalue weighted by atomic mass is 9.92. The third kappa shape index (κ3) is 10.6. The first-order valence-electron chi connectivity index (χ1n) is 7.04. The highest BCUT2D eigenvalue weighted by atomic mass is 16.5. The average Bonchev–Trinajstić information content (AvgIpc) is 2.23. The summed E-state index contributed by atoms with van der Waals surface area (Å²) < 4.78 is 5.46. The standard InChI is InChI=1S/C15H31NO2/c1-13(2)7-11-18-12-8-14(17)16(6)10-9-15(3,4)5/h13H,7-12H2,1-6H3. The average molecular weight is 257 g/mol. The molecule has 0 saturated heterocycles. The lowest BCUT2D eigenvalue weighted by Gasteiger charge is -2.23. The molecule has 0 atom stereocenters. The normalized spacial score (nSPS) is 11.9. The number of ether oxygens (including phenoxy) is 1. The van der Waals surface area contributed by atoms with Crippen molar-refractivity contribution in [3.05, 3.63) is 0 Å². The molecule has 0 N–H and O–H groups in total. The van der Waals surface area contributed by atoms with E-state index in [0.29, 0.717) is 18.9 Å². The van der Waals surface area contributed by atoms with Gasteiger partial charge in [0.15, 0.2) is 0 Å². The Bertz CT molecular complexity index is 231. The molecule has 0 aliphatic carbocycles. The third-order valence-corrected chi connectivity index (χ3v) is 2.92. The fourth-order valence-electron chi connectivity index (χ4n) is 1.40. The second kappa shape index (κ2) is 8.52. The number of rotatable bonds is 8. The summed E-state index contributed by atoms with van der Waals surface area (Å²) in [5, 5.41) is 0. The molecule has 0 spiro atoms. The largest absolute Gasteiger partial charge is 0.381 e. The SMILES string of the molecule is CC(C)CCOCCC(=O)N(C)CCC(C)(C)C. The Morgan fingerprint density at radius 1 is 1.22 bits per heavy atom. The van der Waals surface area contributed by atoms with Crippen LogP contribution in [0.2, 0.25) is 0 Å². The summed E-state index contributed by atoms with van der Waals surface area (Å²) in [5.74, 6) is 0.846. The third-order valence-electron chi connectivity index (χ3n) is 2.92. The van der Waals surface area contributed by atoms with E-state index in [0.717, 1.165) is 26.0 Å². The maximum atomic E-state index is 11.8. The van der Waals surface area contributed by atoms with Crippen LogP contribution in [0.5, 0.6) is 0 Å². The van der Waals surface area contributed by atoms with Gasteiger partial charge in [-0.15, -0.1) is 0 Å². The molecule has 3 heteroatoms. The van der Waals surface area contributed by atoms with Crippen molar-refractivity contribution in [3.8, 4) is 0 Å². The predicted octanol–water partition coefficient (Wildman–Crippen LogP) is 3.33. The van der Waals surface area contributed by atoms with Crippen molar-refractivity contribution < 1.29 is 9.53 Å². The summed E-state index contributed by atoms with van der Waals surface area (Å²) in [5.41, 5.74) is 0.280. The van der Waals surface area contributed by atoms with E-state index in [1.54, 1.807) is 0 Å². The molecule has 18 heavy (non-hydrogen) atoms. The first-order chi connectivity index (χ1) is 8.22. The van der Waals surface area contributed by atoms with Crippen LogP contribution in [0.1, 0.15) is 53.9 Å². The van der Waals surface area contributed by atoms with E-state index >= 15 is 0 Å². The van der Waals surface area contributed by atoms with Crippen LogP contribution in [0.15, 0.2) is 0 Å². The van der Waals surface area contributed by atoms with Crippen molar-refractivity contribution in [1.29, 1.82) is 0 Å². The molecule has 1 amide bonds. The van der Waals surface area contributed by atoms with Crippen LogP contribution in [0.3, 0.4) is 0 Å². The van der Waals surface area contributed by atoms with Crippen molar-refractivity contribution in [2.75, 3.05) is 26.8 Å². The van der Waals surface area contributed by atoms with Crippen molar-refractivity contribution >= 4 is 5.91 Å². The Morgan fingerprint density at radius 3 is 2.33 bits per heavy atom. The van der Waals surface area contributed by atoms with Gasteiger partial charge in [-0.25, -0.2) is 0 Å². The molecule has 0 fully saturated rings. The molecule has 0 aliphatic rings. The first-order valence-corrected chi connectivity index (χ1v) is 7.04. The number of hydrogen-bond donors (Lipinski definition) is 0. The van der Waals surface area contributed by atoms with Crippen LogP contribution in [-0.4, -0.2) is 37.6 Å². The Labute approximate surface area is 113 Å². The van der Waals surface area contributed by atoms with Gasteiger partial charge >= 0.3 is 0 Å². The van der Waals surface area contributed by atoms with Gasteiger partial charge in [0, 0.05) is 20.2 Å². The van der Waals surface area contributed by atoms with E-state index in [1.807, 2.05) is 11.9 Å². The van der Waals surface area contributed by atoms with Gasteiger partial charge in [0.25, 0.3) is 0 Å². The molecule has 0 radical (unpaired) electrons. The van der Waals surface area contributed by atoms with Gasteiger partial charge in [0.1, 0.15) is 0 Å². The van der Waals surface area contributed by atoms with Gasteiger partial charge < -0.3 is 9.64 Å². The monoisotopic (exact) mass is 257 g/mol. The van der Waals surface area contributed by atoms with Crippen LogP contribution in [0.25, 0.3) is 0 Å². The lowest BCUT2D eigenvalue weighted by Crippen LogP contribution is -2.30. The molecule has 0 aromatic heterocycles. The van der Waals surface area contributed by atoms with E-state index in [9.17, 15) is 4.79 Å². The molecular weight excluding hydrogens is 226 g/mol. The zero-order valence-electron chi connectivity index (χ0n) is 13.1. The summed E-state index contributed by atoms with van der Waals surface area (Å²) in [4.78, 5) is 13.6. The molecule has 108 valence electrons. The minimum absolute atomic E-state index is 0.184. The summed E-state index contributed by atoms with van der Waals surface area (Å²) in [7, 11) is 1.88. The van der Waals surface area contributed by atoms with Crippen molar-refractivity contribution in [2.24, 2.45) is 11.3 Å². The second-order valence-corrected chi connectivity index (χ2v) is 6.67. The highest BCUT2D eigenvalue weighted by Crippen LogP contribution is 2.18. The van der Waals surface area contributed by atoms with Crippen LogP contribution in [-0.2, 0) is 9.53 Å². The number of nitrogens with zero attached hydrogens (tertiary/aromatic N) is 1. The molecule has 0 aromatic rings. The second-order valence-electron chi connectivity index (χ2n) is 6.67. The smallest absolute Gasteiger partial charge is 0.224 e. The first kappa shape index (κ1) is 17.4. The topological polar surface area (TPSA) is 29.5 Å². The number of amides is 1. The summed E-state index contributed by atoms with van der Waals surface area (Å²) in [6.07, 6.45) is 2.59. The van der Waals surface area contributed by atoms with Crippen LogP contribution in [0.4, 0.5) is 0 Å². The van der Waals surface area contributed by atoms with Crippen molar-refractivity contribution in [1.82, 2.24) is 4.90 Å². The maximum Gasteiger partial charge on any atom is 0.224 e. The number of carbonyl (C=O) groups excluding carboxylic acids is 1. The molecule has 0 saturated carbocycles. The molecule has 3 nitrogen and oxygen atoms in total. The predicted molar refractivity (Wildman–Crippen MR) is 76.6 cm³/mol. The molecule has 0 heterocycles. The Hall–Kier alpha value is -0.570. The molecular formula is C15H31NO2. The van der Waals surface area contributed by atoms with Gasteiger partial charge in [-0.2, -0.15) is 0 Å². The Morgan fingerprint density at radius 2 is 1.83 bits per heavy atom. The van der Waals surface area contributed by atoms with Crippen LogP contribution >= 0.6 is 0 Å². The molecule has 0 unspecified atom stereocenters. The number of hydrogen-bond acceptors (Lipinski definition) is 2. The van der Waals surface area contributed by atoms with E-state index < -0.39 is 0 Å². The minimum atomic E-state index is 0.184. The summed E-state index contributed by atoms with van der Waals surface area (Å²) in [6, 6.07) is 0. The zero-order valence-corrected chi connectivity index (χ0v) is 13.1. The molecule has 0 rings (SSSR count). The van der Waals surface area contributed by atoms with E-state index in [1.165, 1.54) is 0 Å². The molecule has 0 aromatic carbocycles. The number of carbonyl (C=O) groups is 1. The Balaban J connectivity index is 3.62. The van der Waals surface area contributed by atoms with Crippen molar-refractivity contribution in [3.63, 3.8) is 0 Å². The lowest BCUT2D eigenvalue weighted by molar-refractivity contribution is -0.131. The quantitative estimate of drug-likeness (QED) is 0.624. The van der Waals surface area contributed by atoms with Gasteiger partial charge in [-0.05, 0) is 24.2 Å². The highest BCUT2D eigenvalue weighted by Gasteiger charge is 2.14. The van der Waals surface area contributed by atoms with Gasteiger partial charge in [0.2, 0.25) is 5.91 Å². The minimum Gasteiger partial charge on any atom is -0.381 e. The van der Waals surface area contributed by atoms with Crippen LogP contribution in [0, 0.1) is 11.3 Å². The van der Waals surface area contributed by atoms with E-state index in [4.69, 9.17) is 4.74 Å². The highest BCUT2D eigenvalue weighted by molar-refractivity contribution is 5.75. The van der Waals surface area contributed by atoms with E-state index in [2.05, 4.69) is 34.6 Å². The summed E-state index contributed by atoms with van der Waals surface area (Å²) >= 11 is 0. The van der Waals surface area contributed by atoms with Gasteiger partial charge in [-0.3, -0.25) is 4.79 Å². The van der Waals surface area contributed by atoms with Crippen molar-refractivity contribution in [2.45, 2.75) is 53.9 Å². The fraction of sp³-hybridized carbons (Fsp3) is 0.933. The van der Waals surface area contributed by atoms with Crippen LogP contribution < -0.4 is 0 Å². The van der Waals surface area contributed by atoms with Gasteiger partial charge in [-0.1, -0.05) is 34.6 Å². The van der Waals surface area contributed by atoms with Gasteiger partial charge in [0.05, 0.1) is 13.0 Å². The zero-order chi connectivity index (χ0) is 14.2. The summed E-state index contributed by atoms with van der Waals surface area (Å²) in [6.45, 7) is 13.1. The fourth-order valence-corrected chi connectivity index (χ4v) is 1.40. The molecule has 0 bridgehead atoms. The van der Waals surface area contributed by atoms with E-state index in [-0.39, 0.29) is 11.3 Å².